The van der Waals surface area contributed by atoms with E-state index < -0.39 is 5.97 Å². The lowest BCUT2D eigenvalue weighted by atomic mass is 9.94. The van der Waals surface area contributed by atoms with E-state index in [9.17, 15) is 10.1 Å². The number of fused-ring (bicyclic) bond motifs is 1. The van der Waals surface area contributed by atoms with Gasteiger partial charge in [0.05, 0.1) is 41.6 Å². The van der Waals surface area contributed by atoms with Gasteiger partial charge in [-0.3, -0.25) is 9.78 Å². The third-order valence-electron chi connectivity index (χ3n) is 5.99. The molecule has 4 rings (SSSR count). The monoisotopic (exact) mass is 441 g/mol. The van der Waals surface area contributed by atoms with E-state index in [1.54, 1.807) is 12.4 Å². The molecule has 3 atom stereocenters. The van der Waals surface area contributed by atoms with Gasteiger partial charge in [-0.2, -0.15) is 5.26 Å². The Hall–Kier alpha value is -3.89. The minimum Gasteiger partial charge on any atom is -0.481 e. The zero-order valence-corrected chi connectivity index (χ0v) is 18.5. The van der Waals surface area contributed by atoms with Crippen molar-refractivity contribution in [1.82, 2.24) is 10.3 Å². The summed E-state index contributed by atoms with van der Waals surface area (Å²) in [4.78, 5) is 15.2. The molecule has 1 aliphatic heterocycles. The number of hydrogen-bond acceptors (Lipinski definition) is 6. The number of aliphatic carboxylic acids is 1. The standard InChI is InChI=1S/C26H27N5O2/c1-17(20-9-5-6-18(10-20)11-24(32)33)13-30-25(19-7-3-2-4-8-19)23-16-29-22-15-28-14-21(12-27)26(22)31-23/h2-10,14-15,17,23,25,29-31H,11,13,16H2,1H3,(H,32,33)/t17-,23+,25+/m0/s1. The Morgan fingerprint density at radius 2 is 2.00 bits per heavy atom. The van der Waals surface area contributed by atoms with E-state index in [2.05, 4.69) is 46.1 Å². The summed E-state index contributed by atoms with van der Waals surface area (Å²) < 4.78 is 0. The molecule has 3 aromatic rings. The van der Waals surface area contributed by atoms with Gasteiger partial charge in [0, 0.05) is 19.3 Å². The summed E-state index contributed by atoms with van der Waals surface area (Å²) in [5, 5.41) is 29.3. The normalized spacial score (nSPS) is 16.4. The SMILES string of the molecule is C[C@@H](CN[C@H](c1ccccc1)[C@H]1CNc2cncc(C#N)c2N1)c1cccc(CC(=O)O)c1. The highest BCUT2D eigenvalue weighted by atomic mass is 16.4. The van der Waals surface area contributed by atoms with Crippen molar-refractivity contribution in [3.05, 3.63) is 89.2 Å². The second-order valence-corrected chi connectivity index (χ2v) is 8.37. The summed E-state index contributed by atoms with van der Waals surface area (Å²) >= 11 is 0. The zero-order chi connectivity index (χ0) is 23.2. The van der Waals surface area contributed by atoms with Crippen molar-refractivity contribution in [2.45, 2.75) is 31.3 Å². The maximum absolute atomic E-state index is 11.1. The largest absolute Gasteiger partial charge is 0.481 e. The van der Waals surface area contributed by atoms with Crippen molar-refractivity contribution in [3.63, 3.8) is 0 Å². The molecule has 0 saturated carbocycles. The molecule has 0 unspecified atom stereocenters. The van der Waals surface area contributed by atoms with Crippen LogP contribution in [0.4, 0.5) is 11.4 Å². The summed E-state index contributed by atoms with van der Waals surface area (Å²) in [6.07, 6.45) is 3.33. The molecule has 0 spiro atoms. The summed E-state index contributed by atoms with van der Waals surface area (Å²) in [5.41, 5.74) is 5.19. The Labute approximate surface area is 193 Å². The van der Waals surface area contributed by atoms with Crippen LogP contribution in [0.25, 0.3) is 0 Å². The average molecular weight is 442 g/mol. The fourth-order valence-electron chi connectivity index (χ4n) is 4.25. The van der Waals surface area contributed by atoms with Gasteiger partial charge in [-0.1, -0.05) is 61.5 Å². The Morgan fingerprint density at radius 3 is 2.76 bits per heavy atom. The van der Waals surface area contributed by atoms with Crippen molar-refractivity contribution in [1.29, 1.82) is 5.26 Å². The first-order valence-electron chi connectivity index (χ1n) is 11.0. The van der Waals surface area contributed by atoms with Crippen LogP contribution in [-0.2, 0) is 11.2 Å². The first-order valence-corrected chi connectivity index (χ1v) is 11.0. The van der Waals surface area contributed by atoms with Gasteiger partial charge in [-0.05, 0) is 22.6 Å². The molecule has 0 aliphatic carbocycles. The molecular formula is C26H27N5O2. The fraction of sp³-hybridized carbons (Fsp3) is 0.269. The molecule has 0 fully saturated rings. The van der Waals surface area contributed by atoms with Gasteiger partial charge in [0.1, 0.15) is 6.07 Å². The molecule has 2 heterocycles. The van der Waals surface area contributed by atoms with Crippen molar-refractivity contribution < 1.29 is 9.90 Å². The van der Waals surface area contributed by atoms with Gasteiger partial charge in [0.15, 0.2) is 0 Å². The van der Waals surface area contributed by atoms with Crippen LogP contribution in [0.3, 0.4) is 0 Å². The molecule has 33 heavy (non-hydrogen) atoms. The molecule has 0 radical (unpaired) electrons. The number of rotatable bonds is 8. The topological polar surface area (TPSA) is 110 Å². The first kappa shape index (κ1) is 22.3. The molecule has 1 aromatic heterocycles. The number of carboxylic acid groups (broad SMARTS) is 1. The van der Waals surface area contributed by atoms with Crippen LogP contribution in [0.2, 0.25) is 0 Å². The minimum atomic E-state index is -0.829. The Bertz CT molecular complexity index is 1160. The highest BCUT2D eigenvalue weighted by molar-refractivity contribution is 5.76. The van der Waals surface area contributed by atoms with Gasteiger partial charge in [-0.15, -0.1) is 0 Å². The van der Waals surface area contributed by atoms with Crippen LogP contribution in [0.5, 0.6) is 0 Å². The molecule has 4 N–H and O–H groups in total. The molecule has 168 valence electrons. The van der Waals surface area contributed by atoms with E-state index in [0.717, 1.165) is 28.1 Å². The number of nitrogens with zero attached hydrogens (tertiary/aromatic N) is 2. The van der Waals surface area contributed by atoms with Crippen molar-refractivity contribution in [3.8, 4) is 6.07 Å². The Kier molecular flexibility index (Phi) is 6.86. The van der Waals surface area contributed by atoms with Crippen LogP contribution in [-0.4, -0.2) is 35.2 Å². The van der Waals surface area contributed by atoms with Gasteiger partial charge in [0.2, 0.25) is 0 Å². The molecule has 7 heteroatoms. The van der Waals surface area contributed by atoms with Crippen molar-refractivity contribution in [2.24, 2.45) is 0 Å². The number of aromatic nitrogens is 1. The minimum absolute atomic E-state index is 0.00351. The average Bonchev–Trinajstić information content (AvgIpc) is 2.84. The number of carbonyl (C=O) groups is 1. The molecule has 0 bridgehead atoms. The number of hydrogen-bond donors (Lipinski definition) is 4. The summed E-state index contributed by atoms with van der Waals surface area (Å²) in [7, 11) is 0. The van der Waals surface area contributed by atoms with Gasteiger partial charge in [-0.25, -0.2) is 0 Å². The Morgan fingerprint density at radius 1 is 1.21 bits per heavy atom. The molecule has 7 nitrogen and oxygen atoms in total. The predicted molar refractivity (Wildman–Crippen MR) is 128 cm³/mol. The number of nitriles is 1. The number of nitrogens with one attached hydrogen (secondary N) is 3. The van der Waals surface area contributed by atoms with Crippen molar-refractivity contribution >= 4 is 17.3 Å². The van der Waals surface area contributed by atoms with Gasteiger partial charge in [0.25, 0.3) is 0 Å². The van der Waals surface area contributed by atoms with E-state index in [-0.39, 0.29) is 24.4 Å². The van der Waals surface area contributed by atoms with Crippen LogP contribution in [0.15, 0.2) is 67.0 Å². The van der Waals surface area contributed by atoms with E-state index in [1.807, 2.05) is 42.5 Å². The smallest absolute Gasteiger partial charge is 0.307 e. The summed E-state index contributed by atoms with van der Waals surface area (Å²) in [6.45, 7) is 3.53. The fourth-order valence-corrected chi connectivity index (χ4v) is 4.25. The first-order chi connectivity index (χ1) is 16.0. The summed E-state index contributed by atoms with van der Waals surface area (Å²) in [6, 6.07) is 20.3. The van der Waals surface area contributed by atoms with Crippen molar-refractivity contribution in [2.75, 3.05) is 23.7 Å². The van der Waals surface area contributed by atoms with Crippen LogP contribution < -0.4 is 16.0 Å². The molecular weight excluding hydrogens is 414 g/mol. The van der Waals surface area contributed by atoms with E-state index in [4.69, 9.17) is 5.11 Å². The molecule has 0 amide bonds. The van der Waals surface area contributed by atoms with E-state index in [0.29, 0.717) is 18.7 Å². The highest BCUT2D eigenvalue weighted by Crippen LogP contribution is 2.32. The summed E-state index contributed by atoms with van der Waals surface area (Å²) in [5.74, 6) is -0.641. The van der Waals surface area contributed by atoms with E-state index in [1.165, 1.54) is 0 Å². The molecule has 1 aliphatic rings. The number of pyridine rings is 1. The van der Waals surface area contributed by atoms with Crippen LogP contribution in [0, 0.1) is 11.3 Å². The number of carboxylic acids is 1. The third kappa shape index (κ3) is 5.30. The zero-order valence-electron chi connectivity index (χ0n) is 18.5. The molecule has 0 saturated heterocycles. The highest BCUT2D eigenvalue weighted by Gasteiger charge is 2.28. The predicted octanol–water partition coefficient (Wildman–Crippen LogP) is 3.92. The maximum Gasteiger partial charge on any atom is 0.307 e. The lowest BCUT2D eigenvalue weighted by molar-refractivity contribution is -0.136. The van der Waals surface area contributed by atoms with Gasteiger partial charge < -0.3 is 21.1 Å². The van der Waals surface area contributed by atoms with Crippen LogP contribution >= 0.6 is 0 Å². The number of benzene rings is 2. The van der Waals surface area contributed by atoms with Gasteiger partial charge >= 0.3 is 5.97 Å². The lowest BCUT2D eigenvalue weighted by Gasteiger charge is -2.35. The van der Waals surface area contributed by atoms with E-state index >= 15 is 0 Å². The quantitative estimate of drug-likeness (QED) is 0.419. The van der Waals surface area contributed by atoms with Crippen LogP contribution in [0.1, 0.15) is 41.1 Å². The lowest BCUT2D eigenvalue weighted by Crippen LogP contribution is -2.45. The third-order valence-corrected chi connectivity index (χ3v) is 5.99. The second-order valence-electron chi connectivity index (χ2n) is 8.37. The number of anilines is 2. The molecule has 2 aromatic carbocycles. The maximum atomic E-state index is 11.1. The second kappa shape index (κ2) is 10.2. The Balaban J connectivity index is 1.53.